The minimum atomic E-state index is -0.688. The molecule has 2 aromatic rings. The second-order valence-corrected chi connectivity index (χ2v) is 5.65. The minimum absolute atomic E-state index is 0.630. The Hall–Kier alpha value is -0.420. The molecule has 0 aromatic carbocycles. The van der Waals surface area contributed by atoms with E-state index in [4.69, 9.17) is 11.6 Å². The fourth-order valence-corrected chi connectivity index (χ4v) is 2.88. The van der Waals surface area contributed by atoms with Crippen LogP contribution in [0.4, 0.5) is 0 Å². The standard InChI is InChI=1S/C9H8ClNOS2/c1-5-4-11-9(14-5)7(12)6-2-3-13-8(6)10/h2-4,7,12H,1H3. The van der Waals surface area contributed by atoms with E-state index in [1.165, 1.54) is 22.7 Å². The predicted molar refractivity (Wildman–Crippen MR) is 60.2 cm³/mol. The highest BCUT2D eigenvalue weighted by atomic mass is 35.5. The first-order chi connectivity index (χ1) is 6.68. The maximum absolute atomic E-state index is 9.95. The molecule has 0 aliphatic heterocycles. The fraction of sp³-hybridized carbons (Fsp3) is 0.222. The van der Waals surface area contributed by atoms with Gasteiger partial charge in [-0.1, -0.05) is 11.6 Å². The lowest BCUT2D eigenvalue weighted by Gasteiger charge is -2.04. The van der Waals surface area contributed by atoms with Crippen molar-refractivity contribution in [3.63, 3.8) is 0 Å². The first kappa shape index (κ1) is 10.1. The van der Waals surface area contributed by atoms with Crippen LogP contribution in [0, 0.1) is 6.92 Å². The van der Waals surface area contributed by atoms with E-state index in [-0.39, 0.29) is 0 Å². The number of aliphatic hydroxyl groups excluding tert-OH is 1. The van der Waals surface area contributed by atoms with Crippen LogP contribution >= 0.6 is 34.3 Å². The van der Waals surface area contributed by atoms with Gasteiger partial charge in [-0.15, -0.1) is 22.7 Å². The summed E-state index contributed by atoms with van der Waals surface area (Å²) in [4.78, 5) is 5.22. The summed E-state index contributed by atoms with van der Waals surface area (Å²) in [5, 5.41) is 12.5. The van der Waals surface area contributed by atoms with Gasteiger partial charge in [0.25, 0.3) is 0 Å². The van der Waals surface area contributed by atoms with Crippen molar-refractivity contribution in [2.24, 2.45) is 0 Å². The highest BCUT2D eigenvalue weighted by Gasteiger charge is 2.17. The molecule has 1 atom stereocenters. The molecule has 14 heavy (non-hydrogen) atoms. The van der Waals surface area contributed by atoms with E-state index in [1.54, 1.807) is 6.20 Å². The van der Waals surface area contributed by atoms with Gasteiger partial charge in [-0.05, 0) is 18.4 Å². The van der Waals surface area contributed by atoms with Crippen LogP contribution in [-0.2, 0) is 0 Å². The average molecular weight is 246 g/mol. The van der Waals surface area contributed by atoms with Crippen LogP contribution in [0.2, 0.25) is 4.34 Å². The zero-order chi connectivity index (χ0) is 10.1. The second-order valence-electron chi connectivity index (χ2n) is 2.86. The van der Waals surface area contributed by atoms with E-state index in [2.05, 4.69) is 4.98 Å². The Morgan fingerprint density at radius 2 is 2.36 bits per heavy atom. The van der Waals surface area contributed by atoms with Gasteiger partial charge in [-0.25, -0.2) is 4.98 Å². The van der Waals surface area contributed by atoms with Gasteiger partial charge < -0.3 is 5.11 Å². The Labute approximate surface area is 94.8 Å². The molecule has 1 unspecified atom stereocenters. The van der Waals surface area contributed by atoms with Gasteiger partial charge in [-0.2, -0.15) is 0 Å². The van der Waals surface area contributed by atoms with Crippen LogP contribution in [0.15, 0.2) is 17.6 Å². The van der Waals surface area contributed by atoms with E-state index >= 15 is 0 Å². The number of nitrogens with zero attached hydrogens (tertiary/aromatic N) is 1. The Bertz CT molecular complexity index is 437. The van der Waals surface area contributed by atoms with Crippen LogP contribution < -0.4 is 0 Å². The number of aromatic nitrogens is 1. The molecule has 0 aliphatic carbocycles. The Kier molecular flexibility index (Phi) is 2.88. The van der Waals surface area contributed by atoms with Crippen LogP contribution in [0.25, 0.3) is 0 Å². The molecule has 0 spiro atoms. The summed E-state index contributed by atoms with van der Waals surface area (Å²) in [6.07, 6.45) is 1.07. The molecule has 2 rings (SSSR count). The Morgan fingerprint density at radius 1 is 1.57 bits per heavy atom. The van der Waals surface area contributed by atoms with Gasteiger partial charge in [0.05, 0.1) is 4.34 Å². The molecular formula is C9H8ClNOS2. The van der Waals surface area contributed by atoms with Crippen molar-refractivity contribution < 1.29 is 5.11 Å². The third-order valence-corrected chi connectivity index (χ3v) is 3.98. The lowest BCUT2D eigenvalue weighted by Crippen LogP contribution is -1.97. The van der Waals surface area contributed by atoms with E-state index in [0.717, 1.165) is 10.4 Å². The molecule has 0 radical (unpaired) electrons. The first-order valence-corrected chi connectivity index (χ1v) is 6.09. The molecule has 2 nitrogen and oxygen atoms in total. The van der Waals surface area contributed by atoms with Crippen molar-refractivity contribution in [1.29, 1.82) is 0 Å². The maximum atomic E-state index is 9.95. The third-order valence-electron chi connectivity index (χ3n) is 1.81. The number of thiophene rings is 1. The fourth-order valence-electron chi connectivity index (χ4n) is 1.13. The molecule has 0 saturated heterocycles. The average Bonchev–Trinajstić information content (AvgIpc) is 2.73. The first-order valence-electron chi connectivity index (χ1n) is 4.02. The summed E-state index contributed by atoms with van der Waals surface area (Å²) in [6.45, 7) is 1.96. The molecule has 2 heterocycles. The molecule has 0 aliphatic rings. The molecular weight excluding hydrogens is 238 g/mol. The monoisotopic (exact) mass is 245 g/mol. The summed E-state index contributed by atoms with van der Waals surface area (Å²) in [6, 6.07) is 1.83. The quantitative estimate of drug-likeness (QED) is 0.881. The molecule has 74 valence electrons. The molecule has 2 aromatic heterocycles. The van der Waals surface area contributed by atoms with Crippen molar-refractivity contribution in [2.75, 3.05) is 0 Å². The Balaban J connectivity index is 2.33. The van der Waals surface area contributed by atoms with Crippen LogP contribution in [-0.4, -0.2) is 10.1 Å². The highest BCUT2D eigenvalue weighted by Crippen LogP contribution is 2.33. The summed E-state index contributed by atoms with van der Waals surface area (Å²) in [5.74, 6) is 0. The van der Waals surface area contributed by atoms with Crippen molar-refractivity contribution >= 4 is 34.3 Å². The normalized spacial score (nSPS) is 13.1. The van der Waals surface area contributed by atoms with Crippen LogP contribution in [0.1, 0.15) is 21.6 Å². The zero-order valence-corrected chi connectivity index (χ0v) is 9.79. The van der Waals surface area contributed by atoms with Crippen molar-refractivity contribution in [3.05, 3.63) is 37.4 Å². The van der Waals surface area contributed by atoms with Gasteiger partial charge >= 0.3 is 0 Å². The largest absolute Gasteiger partial charge is 0.381 e. The predicted octanol–water partition coefficient (Wildman–Crippen LogP) is 3.25. The Morgan fingerprint density at radius 3 is 2.86 bits per heavy atom. The SMILES string of the molecule is Cc1cnc(C(O)c2ccsc2Cl)s1. The smallest absolute Gasteiger partial charge is 0.133 e. The number of aliphatic hydroxyl groups is 1. The van der Waals surface area contributed by atoms with E-state index < -0.39 is 6.10 Å². The van der Waals surface area contributed by atoms with Crippen molar-refractivity contribution in [3.8, 4) is 0 Å². The van der Waals surface area contributed by atoms with Gasteiger partial charge in [0.15, 0.2) is 0 Å². The zero-order valence-electron chi connectivity index (χ0n) is 7.40. The van der Waals surface area contributed by atoms with E-state index in [0.29, 0.717) is 9.34 Å². The van der Waals surface area contributed by atoms with Gasteiger partial charge in [0, 0.05) is 16.6 Å². The molecule has 0 saturated carbocycles. The third kappa shape index (κ3) is 1.83. The highest BCUT2D eigenvalue weighted by molar-refractivity contribution is 7.14. The van der Waals surface area contributed by atoms with Crippen LogP contribution in [0.5, 0.6) is 0 Å². The van der Waals surface area contributed by atoms with Crippen molar-refractivity contribution in [1.82, 2.24) is 4.98 Å². The van der Waals surface area contributed by atoms with Gasteiger partial charge in [-0.3, -0.25) is 0 Å². The number of halogens is 1. The lowest BCUT2D eigenvalue weighted by molar-refractivity contribution is 0.220. The van der Waals surface area contributed by atoms with Gasteiger partial charge in [0.2, 0.25) is 0 Å². The van der Waals surface area contributed by atoms with Gasteiger partial charge in [0.1, 0.15) is 11.1 Å². The number of hydrogen-bond donors (Lipinski definition) is 1. The topological polar surface area (TPSA) is 33.1 Å². The van der Waals surface area contributed by atoms with Crippen molar-refractivity contribution in [2.45, 2.75) is 13.0 Å². The molecule has 0 fully saturated rings. The lowest BCUT2D eigenvalue weighted by atomic mass is 10.2. The number of aryl methyl sites for hydroxylation is 1. The van der Waals surface area contributed by atoms with Crippen LogP contribution in [0.3, 0.4) is 0 Å². The summed E-state index contributed by atoms with van der Waals surface area (Å²) < 4.78 is 0.630. The van der Waals surface area contributed by atoms with E-state index in [1.807, 2.05) is 18.4 Å². The number of hydrogen-bond acceptors (Lipinski definition) is 4. The summed E-state index contributed by atoms with van der Waals surface area (Å²) in [5.41, 5.74) is 0.742. The summed E-state index contributed by atoms with van der Waals surface area (Å²) in [7, 11) is 0. The molecule has 5 heteroatoms. The summed E-state index contributed by atoms with van der Waals surface area (Å²) >= 11 is 8.83. The molecule has 0 bridgehead atoms. The number of thiazole rings is 1. The second kappa shape index (κ2) is 3.98. The molecule has 1 N–H and O–H groups in total. The maximum Gasteiger partial charge on any atom is 0.133 e. The van der Waals surface area contributed by atoms with E-state index in [9.17, 15) is 5.11 Å². The minimum Gasteiger partial charge on any atom is -0.381 e. The molecule has 0 amide bonds. The number of rotatable bonds is 2.